The molecule has 0 spiro atoms. The third-order valence-electron chi connectivity index (χ3n) is 3.27. The molecule has 0 aliphatic carbocycles. The molecule has 0 aliphatic heterocycles. The number of hydrogen-bond acceptors (Lipinski definition) is 4. The first-order valence-corrected chi connectivity index (χ1v) is 6.29. The number of carbonyl (C=O) groups is 1. The molecule has 0 amide bonds. The summed E-state index contributed by atoms with van der Waals surface area (Å²) < 4.78 is 3.52. The Bertz CT molecular complexity index is 796. The van der Waals surface area contributed by atoms with E-state index in [9.17, 15) is 19.5 Å². The van der Waals surface area contributed by atoms with E-state index in [1.54, 1.807) is 0 Å². The summed E-state index contributed by atoms with van der Waals surface area (Å²) in [5.74, 6) is -1.43. The predicted octanol–water partition coefficient (Wildman–Crippen LogP) is -0.0680. The number of hydrogen-bond donors (Lipinski definition) is 1. The summed E-state index contributed by atoms with van der Waals surface area (Å²) in [6, 6.07) is 0. The molecule has 2 aromatic rings. The molecular formula is C12H16N4O4. The van der Waals surface area contributed by atoms with Crippen LogP contribution >= 0.6 is 0 Å². The number of fused-ring (bicyclic) bond motifs is 1. The van der Waals surface area contributed by atoms with E-state index in [0.717, 1.165) is 17.4 Å². The molecule has 20 heavy (non-hydrogen) atoms. The highest BCUT2D eigenvalue weighted by Gasteiger charge is 2.22. The van der Waals surface area contributed by atoms with Gasteiger partial charge in [-0.25, -0.2) is 14.6 Å². The van der Waals surface area contributed by atoms with Crippen molar-refractivity contribution in [1.82, 2.24) is 18.7 Å². The van der Waals surface area contributed by atoms with Gasteiger partial charge in [-0.3, -0.25) is 13.9 Å². The lowest BCUT2D eigenvalue weighted by Crippen LogP contribution is -2.37. The Kier molecular flexibility index (Phi) is 3.47. The quantitative estimate of drug-likeness (QED) is 0.845. The van der Waals surface area contributed by atoms with Crippen LogP contribution in [0.5, 0.6) is 0 Å². The van der Waals surface area contributed by atoms with Gasteiger partial charge < -0.3 is 9.67 Å². The Morgan fingerprint density at radius 3 is 2.45 bits per heavy atom. The number of rotatable bonds is 4. The Morgan fingerprint density at radius 2 is 1.90 bits per heavy atom. The Labute approximate surface area is 113 Å². The number of carboxylic acids is 1. The molecule has 0 saturated heterocycles. The fraction of sp³-hybridized carbons (Fsp3) is 0.500. The van der Waals surface area contributed by atoms with Crippen molar-refractivity contribution >= 4 is 17.1 Å². The highest BCUT2D eigenvalue weighted by Crippen LogP contribution is 2.12. The van der Waals surface area contributed by atoms with Crippen LogP contribution in [0.25, 0.3) is 11.2 Å². The SMILES string of the molecule is CCCCn1c(C(=O)O)nc2c1c(=O)n(C)c(=O)n2C. The zero-order chi connectivity index (χ0) is 15.0. The van der Waals surface area contributed by atoms with Crippen molar-refractivity contribution in [3.63, 3.8) is 0 Å². The minimum Gasteiger partial charge on any atom is -0.475 e. The Hall–Kier alpha value is -2.38. The molecule has 0 aliphatic rings. The van der Waals surface area contributed by atoms with Gasteiger partial charge >= 0.3 is 11.7 Å². The molecule has 8 nitrogen and oxygen atoms in total. The maximum Gasteiger partial charge on any atom is 0.372 e. The van der Waals surface area contributed by atoms with Gasteiger partial charge in [0, 0.05) is 20.6 Å². The topological polar surface area (TPSA) is 99.1 Å². The van der Waals surface area contributed by atoms with Gasteiger partial charge in [0.15, 0.2) is 11.2 Å². The normalized spacial score (nSPS) is 11.2. The van der Waals surface area contributed by atoms with Crippen molar-refractivity contribution in [2.75, 3.05) is 0 Å². The van der Waals surface area contributed by atoms with Gasteiger partial charge in [0.1, 0.15) is 0 Å². The minimum atomic E-state index is -1.22. The molecule has 0 radical (unpaired) electrons. The van der Waals surface area contributed by atoms with Crippen LogP contribution in [0.1, 0.15) is 30.4 Å². The first-order chi connectivity index (χ1) is 9.40. The third-order valence-corrected chi connectivity index (χ3v) is 3.27. The van der Waals surface area contributed by atoms with Crippen molar-refractivity contribution < 1.29 is 9.90 Å². The zero-order valence-corrected chi connectivity index (χ0v) is 11.6. The van der Waals surface area contributed by atoms with Crippen molar-refractivity contribution in [1.29, 1.82) is 0 Å². The molecule has 0 fully saturated rings. The van der Waals surface area contributed by atoms with Crippen LogP contribution in [0.15, 0.2) is 9.59 Å². The molecule has 108 valence electrons. The predicted molar refractivity (Wildman–Crippen MR) is 72.1 cm³/mol. The summed E-state index contributed by atoms with van der Waals surface area (Å²) in [6.07, 6.45) is 1.57. The molecule has 0 atom stereocenters. The number of aromatic nitrogens is 4. The number of aryl methyl sites for hydroxylation is 2. The summed E-state index contributed by atoms with van der Waals surface area (Å²) in [5.41, 5.74) is -0.800. The monoisotopic (exact) mass is 280 g/mol. The van der Waals surface area contributed by atoms with Crippen LogP contribution < -0.4 is 11.2 Å². The smallest absolute Gasteiger partial charge is 0.372 e. The lowest BCUT2D eigenvalue weighted by molar-refractivity contribution is 0.0678. The molecule has 0 aromatic carbocycles. The Balaban J connectivity index is 2.93. The third kappa shape index (κ3) is 1.93. The second kappa shape index (κ2) is 4.95. The second-order valence-corrected chi connectivity index (χ2v) is 4.62. The van der Waals surface area contributed by atoms with Crippen LogP contribution in [0.2, 0.25) is 0 Å². The van der Waals surface area contributed by atoms with E-state index < -0.39 is 17.2 Å². The standard InChI is InChI=1S/C12H16N4O4/c1-4-5-6-16-7-8(13-9(16)11(18)19)14(2)12(20)15(3)10(7)17/h4-6H2,1-3H3,(H,18,19). The highest BCUT2D eigenvalue weighted by atomic mass is 16.4. The zero-order valence-electron chi connectivity index (χ0n) is 11.6. The summed E-state index contributed by atoms with van der Waals surface area (Å²) in [5, 5.41) is 9.21. The van der Waals surface area contributed by atoms with Gasteiger partial charge in [0.05, 0.1) is 0 Å². The molecule has 2 aromatic heterocycles. The number of imidazole rings is 1. The first kappa shape index (κ1) is 14.0. The van der Waals surface area contributed by atoms with Gasteiger partial charge in [-0.1, -0.05) is 13.3 Å². The fourth-order valence-electron chi connectivity index (χ4n) is 2.14. The van der Waals surface area contributed by atoms with E-state index in [-0.39, 0.29) is 17.0 Å². The van der Waals surface area contributed by atoms with Crippen LogP contribution in [0.3, 0.4) is 0 Å². The summed E-state index contributed by atoms with van der Waals surface area (Å²) in [7, 11) is 2.83. The highest BCUT2D eigenvalue weighted by molar-refractivity contribution is 5.88. The summed E-state index contributed by atoms with van der Waals surface area (Å²) in [4.78, 5) is 39.3. The number of nitrogens with zero attached hydrogens (tertiary/aromatic N) is 4. The fourth-order valence-corrected chi connectivity index (χ4v) is 2.14. The van der Waals surface area contributed by atoms with Crippen LogP contribution in [0, 0.1) is 0 Å². The second-order valence-electron chi connectivity index (χ2n) is 4.62. The van der Waals surface area contributed by atoms with E-state index in [1.807, 2.05) is 6.92 Å². The van der Waals surface area contributed by atoms with E-state index in [2.05, 4.69) is 4.98 Å². The van der Waals surface area contributed by atoms with Crippen LogP contribution in [-0.2, 0) is 20.6 Å². The maximum atomic E-state index is 12.2. The van der Waals surface area contributed by atoms with Gasteiger partial charge in [-0.05, 0) is 6.42 Å². The molecule has 2 rings (SSSR count). The minimum absolute atomic E-state index is 0.103. The van der Waals surface area contributed by atoms with Crippen LogP contribution in [-0.4, -0.2) is 29.8 Å². The molecule has 1 N–H and O–H groups in total. The average molecular weight is 280 g/mol. The number of carboxylic acid groups (broad SMARTS) is 1. The summed E-state index contributed by atoms with van der Waals surface area (Å²) >= 11 is 0. The molecule has 2 heterocycles. The lowest BCUT2D eigenvalue weighted by Gasteiger charge is -2.06. The van der Waals surface area contributed by atoms with E-state index in [4.69, 9.17) is 0 Å². The average Bonchev–Trinajstić information content (AvgIpc) is 2.80. The Morgan fingerprint density at radius 1 is 1.25 bits per heavy atom. The van der Waals surface area contributed by atoms with Crippen molar-refractivity contribution in [3.8, 4) is 0 Å². The van der Waals surface area contributed by atoms with E-state index >= 15 is 0 Å². The molecule has 0 saturated carbocycles. The number of aromatic carboxylic acids is 1. The van der Waals surface area contributed by atoms with Gasteiger partial charge in [-0.15, -0.1) is 0 Å². The van der Waals surface area contributed by atoms with Crippen molar-refractivity contribution in [2.24, 2.45) is 14.1 Å². The van der Waals surface area contributed by atoms with Crippen LogP contribution in [0.4, 0.5) is 0 Å². The van der Waals surface area contributed by atoms with Gasteiger partial charge in [-0.2, -0.15) is 0 Å². The van der Waals surface area contributed by atoms with Gasteiger partial charge in [0.2, 0.25) is 5.82 Å². The van der Waals surface area contributed by atoms with Crippen molar-refractivity contribution in [2.45, 2.75) is 26.3 Å². The van der Waals surface area contributed by atoms with E-state index in [1.165, 1.54) is 23.2 Å². The van der Waals surface area contributed by atoms with E-state index in [0.29, 0.717) is 6.54 Å². The lowest BCUT2D eigenvalue weighted by atomic mass is 10.3. The molecule has 8 heteroatoms. The summed E-state index contributed by atoms with van der Waals surface area (Å²) in [6.45, 7) is 2.34. The maximum absolute atomic E-state index is 12.2. The largest absolute Gasteiger partial charge is 0.475 e. The molecule has 0 unspecified atom stereocenters. The molecule has 0 bridgehead atoms. The molecular weight excluding hydrogens is 264 g/mol. The van der Waals surface area contributed by atoms with Crippen molar-refractivity contribution in [3.05, 3.63) is 26.7 Å². The van der Waals surface area contributed by atoms with Gasteiger partial charge in [0.25, 0.3) is 5.56 Å². The first-order valence-electron chi connectivity index (χ1n) is 6.29. The number of unbranched alkanes of at least 4 members (excludes halogenated alkanes) is 1.